The van der Waals surface area contributed by atoms with Gasteiger partial charge in [0.25, 0.3) is 5.91 Å². The van der Waals surface area contributed by atoms with E-state index in [2.05, 4.69) is 20.5 Å². The molecule has 8 heteroatoms. The summed E-state index contributed by atoms with van der Waals surface area (Å²) < 4.78 is 19.3. The number of aromatic amines is 1. The molecule has 0 aliphatic heterocycles. The number of hydrogen-bond acceptors (Lipinski definition) is 5. The van der Waals surface area contributed by atoms with Crippen LogP contribution in [-0.4, -0.2) is 27.7 Å². The maximum Gasteiger partial charge on any atom is 0.251 e. The van der Waals surface area contributed by atoms with Gasteiger partial charge < -0.3 is 10.1 Å². The van der Waals surface area contributed by atoms with Crippen molar-refractivity contribution in [1.29, 1.82) is 5.26 Å². The highest BCUT2D eigenvalue weighted by Gasteiger charge is 2.14. The Morgan fingerprint density at radius 1 is 1.26 bits per heavy atom. The molecule has 0 unspecified atom stereocenters. The third-order valence-corrected chi connectivity index (χ3v) is 4.79. The summed E-state index contributed by atoms with van der Waals surface area (Å²) in [6.45, 7) is 2.45. The topological polar surface area (TPSA) is 104 Å². The standard InChI is InChI=1S/C23H18FN5O2/c1-2-31-21-9-15(6-7-18(21)14-4-3-5-17(24)8-14)23(30)27-12-16-11-26-20(10-25)19-13-28-29-22(16)19/h3-9,11,13H,2,12H2,1H3,(H,27,30)(H,28,29). The van der Waals surface area contributed by atoms with Gasteiger partial charge in [-0.25, -0.2) is 9.37 Å². The Morgan fingerprint density at radius 3 is 2.90 bits per heavy atom. The van der Waals surface area contributed by atoms with E-state index >= 15 is 0 Å². The summed E-state index contributed by atoms with van der Waals surface area (Å²) in [5.41, 5.74) is 3.41. The molecule has 0 atom stereocenters. The predicted octanol–water partition coefficient (Wildman–Crippen LogP) is 3.96. The first-order chi connectivity index (χ1) is 15.1. The van der Waals surface area contributed by atoms with Crippen molar-refractivity contribution < 1.29 is 13.9 Å². The Kier molecular flexibility index (Phi) is 5.58. The van der Waals surface area contributed by atoms with Crippen LogP contribution in [0.25, 0.3) is 22.0 Å². The Hall–Kier alpha value is -4.25. The molecule has 4 aromatic rings. The zero-order valence-electron chi connectivity index (χ0n) is 16.6. The largest absolute Gasteiger partial charge is 0.493 e. The van der Waals surface area contributed by atoms with Gasteiger partial charge in [0.2, 0.25) is 0 Å². The van der Waals surface area contributed by atoms with Crippen molar-refractivity contribution in [2.75, 3.05) is 6.61 Å². The number of nitriles is 1. The van der Waals surface area contributed by atoms with E-state index in [0.29, 0.717) is 45.5 Å². The minimum atomic E-state index is -0.345. The van der Waals surface area contributed by atoms with Crippen molar-refractivity contribution in [3.05, 3.63) is 77.5 Å². The van der Waals surface area contributed by atoms with E-state index in [9.17, 15) is 9.18 Å². The van der Waals surface area contributed by atoms with Gasteiger partial charge in [-0.1, -0.05) is 12.1 Å². The van der Waals surface area contributed by atoms with Gasteiger partial charge >= 0.3 is 0 Å². The monoisotopic (exact) mass is 415 g/mol. The molecule has 2 aromatic carbocycles. The number of nitrogens with zero attached hydrogens (tertiary/aromatic N) is 3. The number of benzene rings is 2. The summed E-state index contributed by atoms with van der Waals surface area (Å²) in [6.07, 6.45) is 3.07. The summed E-state index contributed by atoms with van der Waals surface area (Å²) in [4.78, 5) is 16.9. The lowest BCUT2D eigenvalue weighted by Gasteiger charge is -2.13. The fourth-order valence-electron chi connectivity index (χ4n) is 3.32. The van der Waals surface area contributed by atoms with Crippen LogP contribution in [0.1, 0.15) is 28.5 Å². The second-order valence-corrected chi connectivity index (χ2v) is 6.74. The highest BCUT2D eigenvalue weighted by Crippen LogP contribution is 2.31. The normalized spacial score (nSPS) is 10.6. The second-order valence-electron chi connectivity index (χ2n) is 6.74. The molecule has 0 aliphatic carbocycles. The van der Waals surface area contributed by atoms with Crippen LogP contribution < -0.4 is 10.1 Å². The Bertz CT molecular complexity index is 1310. The second kappa shape index (κ2) is 8.63. The van der Waals surface area contributed by atoms with Crippen molar-refractivity contribution in [2.24, 2.45) is 0 Å². The van der Waals surface area contributed by atoms with Crippen LogP contribution >= 0.6 is 0 Å². The van der Waals surface area contributed by atoms with E-state index < -0.39 is 0 Å². The van der Waals surface area contributed by atoms with Crippen LogP contribution in [0.2, 0.25) is 0 Å². The van der Waals surface area contributed by atoms with Crippen molar-refractivity contribution in [2.45, 2.75) is 13.5 Å². The van der Waals surface area contributed by atoms with Crippen LogP contribution in [0.3, 0.4) is 0 Å². The lowest BCUT2D eigenvalue weighted by molar-refractivity contribution is 0.0950. The zero-order chi connectivity index (χ0) is 21.8. The summed E-state index contributed by atoms with van der Waals surface area (Å²) in [5, 5.41) is 19.4. The van der Waals surface area contributed by atoms with Gasteiger partial charge in [0.15, 0.2) is 5.69 Å². The molecule has 0 radical (unpaired) electrons. The molecule has 2 N–H and O–H groups in total. The van der Waals surface area contributed by atoms with Crippen LogP contribution in [0, 0.1) is 17.1 Å². The van der Waals surface area contributed by atoms with Gasteiger partial charge in [-0.15, -0.1) is 0 Å². The quantitative estimate of drug-likeness (QED) is 0.496. The van der Waals surface area contributed by atoms with E-state index in [1.807, 2.05) is 13.0 Å². The average molecular weight is 415 g/mol. The molecule has 154 valence electrons. The summed E-state index contributed by atoms with van der Waals surface area (Å²) >= 11 is 0. The highest BCUT2D eigenvalue weighted by atomic mass is 19.1. The van der Waals surface area contributed by atoms with Gasteiger partial charge in [-0.05, 0) is 42.8 Å². The number of aromatic nitrogens is 3. The first kappa shape index (κ1) is 20.0. The molecule has 0 aliphatic rings. The molecule has 4 rings (SSSR count). The van der Waals surface area contributed by atoms with Crippen LogP contribution in [0.5, 0.6) is 5.75 Å². The first-order valence-electron chi connectivity index (χ1n) is 9.62. The number of nitrogens with one attached hydrogen (secondary N) is 2. The van der Waals surface area contributed by atoms with E-state index in [0.717, 1.165) is 0 Å². The highest BCUT2D eigenvalue weighted by molar-refractivity contribution is 5.96. The van der Waals surface area contributed by atoms with E-state index in [1.54, 1.807) is 30.3 Å². The van der Waals surface area contributed by atoms with E-state index in [4.69, 9.17) is 10.00 Å². The number of H-pyrrole nitrogens is 1. The minimum Gasteiger partial charge on any atom is -0.493 e. The lowest BCUT2D eigenvalue weighted by Crippen LogP contribution is -2.23. The SMILES string of the molecule is CCOc1cc(C(=O)NCc2cnc(C#N)c3cn[nH]c23)ccc1-c1cccc(F)c1. The number of amides is 1. The molecule has 7 nitrogen and oxygen atoms in total. The molecule has 0 saturated carbocycles. The number of carbonyl (C=O) groups excluding carboxylic acids is 1. The van der Waals surface area contributed by atoms with Crippen molar-refractivity contribution in [3.63, 3.8) is 0 Å². The number of halogens is 1. The van der Waals surface area contributed by atoms with E-state index in [-0.39, 0.29) is 24.0 Å². The third-order valence-electron chi connectivity index (χ3n) is 4.79. The van der Waals surface area contributed by atoms with Crippen molar-refractivity contribution >= 4 is 16.8 Å². The molecular formula is C23H18FN5O2. The lowest BCUT2D eigenvalue weighted by atomic mass is 10.0. The van der Waals surface area contributed by atoms with Crippen LogP contribution in [0.4, 0.5) is 4.39 Å². The molecule has 0 fully saturated rings. The maximum atomic E-state index is 13.6. The predicted molar refractivity (Wildman–Crippen MR) is 113 cm³/mol. The van der Waals surface area contributed by atoms with E-state index in [1.165, 1.54) is 24.5 Å². The average Bonchev–Trinajstić information content (AvgIpc) is 3.28. The molecule has 0 spiro atoms. The number of ether oxygens (including phenoxy) is 1. The third kappa shape index (κ3) is 4.07. The Morgan fingerprint density at radius 2 is 2.13 bits per heavy atom. The number of hydrogen-bond donors (Lipinski definition) is 2. The molecule has 31 heavy (non-hydrogen) atoms. The minimum absolute atomic E-state index is 0.200. The number of carbonyl (C=O) groups is 1. The van der Waals surface area contributed by atoms with Gasteiger partial charge in [0.1, 0.15) is 17.6 Å². The van der Waals surface area contributed by atoms with Gasteiger partial charge in [0, 0.05) is 29.4 Å². The fraction of sp³-hybridized carbons (Fsp3) is 0.130. The summed E-state index contributed by atoms with van der Waals surface area (Å²) in [6, 6.07) is 13.3. The van der Waals surface area contributed by atoms with Gasteiger partial charge in [0.05, 0.1) is 23.7 Å². The van der Waals surface area contributed by atoms with Crippen molar-refractivity contribution in [1.82, 2.24) is 20.5 Å². The maximum absolute atomic E-state index is 13.6. The molecule has 2 aromatic heterocycles. The molecule has 2 heterocycles. The van der Waals surface area contributed by atoms with Gasteiger partial charge in [-0.2, -0.15) is 10.4 Å². The number of fused-ring (bicyclic) bond motifs is 1. The first-order valence-corrected chi connectivity index (χ1v) is 9.62. The molecule has 0 saturated heterocycles. The molecule has 0 bridgehead atoms. The van der Waals surface area contributed by atoms with Crippen LogP contribution in [-0.2, 0) is 6.54 Å². The smallest absolute Gasteiger partial charge is 0.251 e. The summed E-state index contributed by atoms with van der Waals surface area (Å²) in [5.74, 6) is -0.150. The number of pyridine rings is 1. The van der Waals surface area contributed by atoms with Crippen LogP contribution in [0.15, 0.2) is 54.9 Å². The molecule has 1 amide bonds. The summed E-state index contributed by atoms with van der Waals surface area (Å²) in [7, 11) is 0. The Labute approximate surface area is 177 Å². The Balaban J connectivity index is 1.57. The number of rotatable bonds is 6. The van der Waals surface area contributed by atoms with Crippen molar-refractivity contribution in [3.8, 4) is 22.9 Å². The zero-order valence-corrected chi connectivity index (χ0v) is 16.6. The molecular weight excluding hydrogens is 397 g/mol. The van der Waals surface area contributed by atoms with Gasteiger partial charge in [-0.3, -0.25) is 9.89 Å². The fourth-order valence-corrected chi connectivity index (χ4v) is 3.32.